The zero-order valence-electron chi connectivity index (χ0n) is 15.3. The molecule has 156 valence electrons. The highest BCUT2D eigenvalue weighted by atomic mass is 35.5. The lowest BCUT2D eigenvalue weighted by Gasteiger charge is -2.34. The molecule has 0 atom stereocenters. The summed E-state index contributed by atoms with van der Waals surface area (Å²) in [5.41, 5.74) is 0.0475. The number of hydrogen-bond donors (Lipinski definition) is 0. The molecular weight excluding hydrogens is 430 g/mol. The van der Waals surface area contributed by atoms with Crippen LogP contribution < -0.4 is 4.90 Å². The molecule has 1 aliphatic heterocycles. The molecule has 1 aliphatic rings. The Hall–Kier alpha value is -2.19. The zero-order valence-corrected chi connectivity index (χ0v) is 16.8. The van der Waals surface area contributed by atoms with Gasteiger partial charge in [-0.1, -0.05) is 29.3 Å². The van der Waals surface area contributed by atoms with Crippen molar-refractivity contribution in [1.29, 1.82) is 0 Å². The Morgan fingerprint density at radius 3 is 2.41 bits per heavy atom. The van der Waals surface area contributed by atoms with Gasteiger partial charge in [0, 0.05) is 48.8 Å². The van der Waals surface area contributed by atoms with Crippen LogP contribution in [0, 0.1) is 0 Å². The fraction of sp³-hybridized carbons (Fsp3) is 0.368. The SMILES string of the molecule is O=C(OCCc1ccc(Cl)cc1Cl)N1CCN(c2ccc(C(F)(F)F)cn2)CC1. The summed E-state index contributed by atoms with van der Waals surface area (Å²) in [5.74, 6) is 0.448. The molecule has 1 amide bonds. The number of pyridine rings is 1. The second-order valence-electron chi connectivity index (χ2n) is 6.48. The third-order valence-corrected chi connectivity index (χ3v) is 5.14. The highest BCUT2D eigenvalue weighted by molar-refractivity contribution is 6.35. The predicted molar refractivity (Wildman–Crippen MR) is 105 cm³/mol. The minimum atomic E-state index is -4.41. The van der Waals surface area contributed by atoms with Crippen LogP contribution in [0.15, 0.2) is 36.5 Å². The van der Waals surface area contributed by atoms with Crippen LogP contribution in [0.3, 0.4) is 0 Å². The zero-order chi connectivity index (χ0) is 21.0. The minimum Gasteiger partial charge on any atom is -0.449 e. The maximum Gasteiger partial charge on any atom is 0.417 e. The molecule has 1 saturated heterocycles. The van der Waals surface area contributed by atoms with Crippen molar-refractivity contribution in [2.45, 2.75) is 12.6 Å². The van der Waals surface area contributed by atoms with E-state index in [1.807, 2.05) is 4.90 Å². The van der Waals surface area contributed by atoms with Crippen molar-refractivity contribution in [2.75, 3.05) is 37.7 Å². The van der Waals surface area contributed by atoms with Crippen molar-refractivity contribution in [3.8, 4) is 0 Å². The number of piperazine rings is 1. The number of amides is 1. The molecule has 1 aromatic carbocycles. The number of carbonyl (C=O) groups excluding carboxylic acids is 1. The molecule has 10 heteroatoms. The fourth-order valence-corrected chi connectivity index (χ4v) is 3.43. The standard InChI is InChI=1S/C19H18Cl2F3N3O2/c20-15-3-1-13(16(21)11-15)5-10-29-18(28)27-8-6-26(7-9-27)17-4-2-14(12-25-17)19(22,23)24/h1-4,11-12H,5-10H2. The van der Waals surface area contributed by atoms with Gasteiger partial charge in [0.1, 0.15) is 5.82 Å². The monoisotopic (exact) mass is 447 g/mol. The summed E-state index contributed by atoms with van der Waals surface area (Å²) in [6, 6.07) is 7.49. The van der Waals surface area contributed by atoms with Gasteiger partial charge in [0.25, 0.3) is 0 Å². The Kier molecular flexibility index (Phi) is 6.74. The van der Waals surface area contributed by atoms with Gasteiger partial charge in [-0.05, 0) is 29.8 Å². The first-order valence-corrected chi connectivity index (χ1v) is 9.63. The van der Waals surface area contributed by atoms with E-state index in [-0.39, 0.29) is 6.61 Å². The van der Waals surface area contributed by atoms with Gasteiger partial charge in [0.15, 0.2) is 0 Å². The van der Waals surface area contributed by atoms with Gasteiger partial charge in [-0.15, -0.1) is 0 Å². The molecule has 1 aromatic heterocycles. The second-order valence-corrected chi connectivity index (χ2v) is 7.32. The normalized spacial score (nSPS) is 14.8. The Bertz CT molecular complexity index is 855. The molecule has 3 rings (SSSR count). The Morgan fingerprint density at radius 1 is 1.10 bits per heavy atom. The fourth-order valence-electron chi connectivity index (χ4n) is 2.92. The van der Waals surface area contributed by atoms with Gasteiger partial charge in [-0.25, -0.2) is 9.78 Å². The number of carbonyl (C=O) groups is 1. The molecule has 0 spiro atoms. The largest absolute Gasteiger partial charge is 0.449 e. The van der Waals surface area contributed by atoms with Crippen molar-refractivity contribution in [1.82, 2.24) is 9.88 Å². The van der Waals surface area contributed by atoms with Gasteiger partial charge in [-0.2, -0.15) is 13.2 Å². The predicted octanol–water partition coefficient (Wildman–Crippen LogP) is 4.91. The van der Waals surface area contributed by atoms with Gasteiger partial charge in [0.05, 0.1) is 12.2 Å². The Labute approximate surface area is 176 Å². The van der Waals surface area contributed by atoms with E-state index < -0.39 is 17.8 Å². The number of anilines is 1. The Morgan fingerprint density at radius 2 is 1.83 bits per heavy atom. The lowest BCUT2D eigenvalue weighted by atomic mass is 10.2. The van der Waals surface area contributed by atoms with Crippen LogP contribution in [0.2, 0.25) is 10.0 Å². The van der Waals surface area contributed by atoms with Crippen molar-refractivity contribution < 1.29 is 22.7 Å². The molecule has 0 N–H and O–H groups in total. The summed E-state index contributed by atoms with van der Waals surface area (Å²) in [6.45, 7) is 1.88. The van der Waals surface area contributed by atoms with Crippen molar-refractivity contribution in [3.05, 3.63) is 57.7 Å². The Balaban J connectivity index is 1.45. The number of rotatable bonds is 4. The van der Waals surface area contributed by atoms with E-state index in [0.717, 1.165) is 17.8 Å². The van der Waals surface area contributed by atoms with E-state index >= 15 is 0 Å². The third-order valence-electron chi connectivity index (χ3n) is 4.55. The summed E-state index contributed by atoms with van der Waals surface area (Å²) in [7, 11) is 0. The van der Waals surface area contributed by atoms with Gasteiger partial charge in [0.2, 0.25) is 0 Å². The molecular formula is C19H18Cl2F3N3O2. The minimum absolute atomic E-state index is 0.181. The van der Waals surface area contributed by atoms with Crippen molar-refractivity contribution in [2.24, 2.45) is 0 Å². The number of nitrogens with zero attached hydrogens (tertiary/aromatic N) is 3. The van der Waals surface area contributed by atoms with E-state index in [9.17, 15) is 18.0 Å². The number of aromatic nitrogens is 1. The molecule has 2 aromatic rings. The molecule has 0 unspecified atom stereocenters. The molecule has 0 saturated carbocycles. The lowest BCUT2D eigenvalue weighted by Crippen LogP contribution is -2.49. The molecule has 0 aliphatic carbocycles. The summed E-state index contributed by atoms with van der Waals surface area (Å²) in [4.78, 5) is 19.5. The summed E-state index contributed by atoms with van der Waals surface area (Å²) in [5, 5.41) is 1.06. The summed E-state index contributed by atoms with van der Waals surface area (Å²) in [6.07, 6.45) is -3.56. The molecule has 1 fully saturated rings. The molecule has 0 bridgehead atoms. The number of benzene rings is 1. The lowest BCUT2D eigenvalue weighted by molar-refractivity contribution is -0.137. The highest BCUT2D eigenvalue weighted by Gasteiger charge is 2.31. The average molecular weight is 448 g/mol. The van der Waals surface area contributed by atoms with E-state index in [1.54, 1.807) is 23.1 Å². The molecule has 2 heterocycles. The van der Waals surface area contributed by atoms with Crippen LogP contribution in [0.25, 0.3) is 0 Å². The summed E-state index contributed by atoms with van der Waals surface area (Å²) < 4.78 is 43.2. The first-order chi connectivity index (χ1) is 13.7. The second kappa shape index (κ2) is 9.09. The van der Waals surface area contributed by atoms with Gasteiger partial charge in [-0.3, -0.25) is 0 Å². The number of halogens is 5. The smallest absolute Gasteiger partial charge is 0.417 e. The van der Waals surface area contributed by atoms with Crippen LogP contribution in [0.5, 0.6) is 0 Å². The van der Waals surface area contributed by atoms with Crippen molar-refractivity contribution >= 4 is 35.1 Å². The highest BCUT2D eigenvalue weighted by Crippen LogP contribution is 2.29. The maximum atomic E-state index is 12.6. The average Bonchev–Trinajstić information content (AvgIpc) is 2.69. The number of hydrogen-bond acceptors (Lipinski definition) is 4. The quantitative estimate of drug-likeness (QED) is 0.667. The number of alkyl halides is 3. The van der Waals surface area contributed by atoms with Gasteiger partial charge < -0.3 is 14.5 Å². The maximum absolute atomic E-state index is 12.6. The topological polar surface area (TPSA) is 45.7 Å². The molecule has 29 heavy (non-hydrogen) atoms. The van der Waals surface area contributed by atoms with E-state index in [1.165, 1.54) is 6.07 Å². The molecule has 0 radical (unpaired) electrons. The van der Waals surface area contributed by atoms with E-state index in [4.69, 9.17) is 27.9 Å². The number of ether oxygens (including phenoxy) is 1. The van der Waals surface area contributed by atoms with Crippen LogP contribution >= 0.6 is 23.2 Å². The van der Waals surface area contributed by atoms with E-state index in [0.29, 0.717) is 48.5 Å². The molecule has 5 nitrogen and oxygen atoms in total. The van der Waals surface area contributed by atoms with Crippen molar-refractivity contribution in [3.63, 3.8) is 0 Å². The van der Waals surface area contributed by atoms with Crippen LogP contribution in [0.1, 0.15) is 11.1 Å². The first-order valence-electron chi connectivity index (χ1n) is 8.88. The van der Waals surface area contributed by atoms with E-state index in [2.05, 4.69) is 4.98 Å². The summed E-state index contributed by atoms with van der Waals surface area (Å²) >= 11 is 11.9. The van der Waals surface area contributed by atoms with Crippen LogP contribution in [-0.2, 0) is 17.3 Å². The van der Waals surface area contributed by atoms with Crippen LogP contribution in [-0.4, -0.2) is 48.8 Å². The first kappa shape index (κ1) is 21.5. The van der Waals surface area contributed by atoms with Gasteiger partial charge >= 0.3 is 12.3 Å². The van der Waals surface area contributed by atoms with Crippen LogP contribution in [0.4, 0.5) is 23.8 Å². The third kappa shape index (κ3) is 5.67.